The van der Waals surface area contributed by atoms with Crippen LogP contribution in [0, 0.1) is 16.7 Å². The highest BCUT2D eigenvalue weighted by Crippen LogP contribution is 2.50. The maximum Gasteiger partial charge on any atom is 0.113 e. The second kappa shape index (κ2) is 3.43. The second-order valence-corrected chi connectivity index (χ2v) is 5.36. The number of fused-ring (bicyclic) bond motifs is 1. The van der Waals surface area contributed by atoms with Crippen molar-refractivity contribution in [3.05, 3.63) is 0 Å². The first-order valence-corrected chi connectivity index (χ1v) is 6.17. The van der Waals surface area contributed by atoms with E-state index in [-0.39, 0.29) is 6.04 Å². The van der Waals surface area contributed by atoms with Crippen LogP contribution in [0.4, 0.5) is 0 Å². The summed E-state index contributed by atoms with van der Waals surface area (Å²) in [6, 6.07) is 2.56. The first-order valence-electron chi connectivity index (χ1n) is 6.17. The summed E-state index contributed by atoms with van der Waals surface area (Å²) in [6.07, 6.45) is 3.59. The van der Waals surface area contributed by atoms with E-state index in [0.29, 0.717) is 19.6 Å². The zero-order valence-electron chi connectivity index (χ0n) is 9.48. The Bertz CT molecular complexity index is 332. The van der Waals surface area contributed by atoms with E-state index in [1.165, 1.54) is 0 Å². The molecular weight excluding hydrogens is 204 g/mol. The molecule has 88 valence electrons. The molecule has 1 N–H and O–H groups in total. The second-order valence-electron chi connectivity index (χ2n) is 5.36. The van der Waals surface area contributed by atoms with Crippen molar-refractivity contribution >= 4 is 0 Å². The van der Waals surface area contributed by atoms with Gasteiger partial charge in [0.05, 0.1) is 12.7 Å². The molecule has 0 saturated carbocycles. The quantitative estimate of drug-likeness (QED) is 0.702. The van der Waals surface area contributed by atoms with Crippen molar-refractivity contribution in [3.63, 3.8) is 0 Å². The van der Waals surface area contributed by atoms with Gasteiger partial charge in [0.25, 0.3) is 0 Å². The molecule has 3 unspecified atom stereocenters. The third-order valence-electron chi connectivity index (χ3n) is 4.76. The number of hydrogen-bond acceptors (Lipinski definition) is 4. The fourth-order valence-corrected chi connectivity index (χ4v) is 3.76. The summed E-state index contributed by atoms with van der Waals surface area (Å²) in [5.74, 6) is 0. The minimum Gasteiger partial charge on any atom is -0.386 e. The zero-order chi connectivity index (χ0) is 11.2. The van der Waals surface area contributed by atoms with Gasteiger partial charge >= 0.3 is 0 Å². The minimum atomic E-state index is -0.839. The van der Waals surface area contributed by atoms with Gasteiger partial charge < -0.3 is 9.84 Å². The fraction of sp³-hybridized carbons (Fsp3) is 0.917. The molecule has 0 amide bonds. The average molecular weight is 222 g/mol. The Hall–Kier alpha value is -0.630. The molecule has 16 heavy (non-hydrogen) atoms. The van der Waals surface area contributed by atoms with E-state index >= 15 is 0 Å². The van der Waals surface area contributed by atoms with E-state index in [1.807, 2.05) is 0 Å². The Morgan fingerprint density at radius 1 is 1.38 bits per heavy atom. The topological polar surface area (TPSA) is 56.5 Å². The van der Waals surface area contributed by atoms with E-state index < -0.39 is 11.0 Å². The third-order valence-corrected chi connectivity index (χ3v) is 4.76. The molecule has 0 aliphatic carbocycles. The summed E-state index contributed by atoms with van der Waals surface area (Å²) in [6.45, 7) is 3.03. The van der Waals surface area contributed by atoms with Crippen LogP contribution in [0.25, 0.3) is 0 Å². The molecule has 3 fully saturated rings. The number of rotatable bonds is 1. The maximum atomic E-state index is 11.0. The molecule has 0 spiro atoms. The van der Waals surface area contributed by atoms with Gasteiger partial charge in [0.2, 0.25) is 0 Å². The summed E-state index contributed by atoms with van der Waals surface area (Å²) < 4.78 is 5.38. The molecule has 0 aromatic carbocycles. The van der Waals surface area contributed by atoms with Crippen LogP contribution < -0.4 is 0 Å². The molecule has 4 nitrogen and oxygen atoms in total. The SMILES string of the molecule is N#CC1(C2(O)CCN3CCCC32)CCOC1. The molecular formula is C12H18N2O2. The smallest absolute Gasteiger partial charge is 0.113 e. The van der Waals surface area contributed by atoms with Gasteiger partial charge in [-0.3, -0.25) is 4.90 Å². The van der Waals surface area contributed by atoms with E-state index in [2.05, 4.69) is 11.0 Å². The van der Waals surface area contributed by atoms with Crippen LogP contribution in [0.2, 0.25) is 0 Å². The molecule has 3 saturated heterocycles. The van der Waals surface area contributed by atoms with Gasteiger partial charge in [0, 0.05) is 19.2 Å². The molecule has 4 heteroatoms. The molecule has 3 heterocycles. The van der Waals surface area contributed by atoms with Crippen LogP contribution >= 0.6 is 0 Å². The Morgan fingerprint density at radius 3 is 2.94 bits per heavy atom. The summed E-state index contributed by atoms with van der Waals surface area (Å²) in [7, 11) is 0. The van der Waals surface area contributed by atoms with E-state index in [9.17, 15) is 10.4 Å². The molecule has 0 bridgehead atoms. The van der Waals surface area contributed by atoms with Crippen molar-refractivity contribution in [2.75, 3.05) is 26.3 Å². The first kappa shape index (κ1) is 10.5. The van der Waals surface area contributed by atoms with E-state index in [0.717, 1.165) is 32.4 Å². The normalized spacial score (nSPS) is 48.1. The van der Waals surface area contributed by atoms with Crippen LogP contribution in [0.5, 0.6) is 0 Å². The average Bonchev–Trinajstić information content (AvgIpc) is 2.97. The molecule has 3 aliphatic rings. The summed E-state index contributed by atoms with van der Waals surface area (Å²) in [5, 5.41) is 20.4. The first-order chi connectivity index (χ1) is 7.72. The summed E-state index contributed by atoms with van der Waals surface area (Å²) in [5.41, 5.74) is -1.49. The summed E-state index contributed by atoms with van der Waals surface area (Å²) >= 11 is 0. The highest BCUT2D eigenvalue weighted by atomic mass is 16.5. The highest BCUT2D eigenvalue weighted by molar-refractivity contribution is 5.20. The van der Waals surface area contributed by atoms with Crippen molar-refractivity contribution in [1.29, 1.82) is 5.26 Å². The third kappa shape index (κ3) is 1.14. The van der Waals surface area contributed by atoms with Crippen molar-refractivity contribution in [2.24, 2.45) is 5.41 Å². The Kier molecular flexibility index (Phi) is 2.25. The molecule has 3 atom stereocenters. The lowest BCUT2D eigenvalue weighted by atomic mass is 9.68. The lowest BCUT2D eigenvalue weighted by Crippen LogP contribution is -2.55. The van der Waals surface area contributed by atoms with Crippen LogP contribution in [0.3, 0.4) is 0 Å². The predicted octanol–water partition coefficient (Wildman–Crippen LogP) is 0.516. The molecule has 3 aliphatic heterocycles. The summed E-state index contributed by atoms with van der Waals surface area (Å²) in [4.78, 5) is 2.34. The van der Waals surface area contributed by atoms with Crippen LogP contribution in [0.15, 0.2) is 0 Å². The highest BCUT2D eigenvalue weighted by Gasteiger charge is 2.61. The van der Waals surface area contributed by atoms with Crippen LogP contribution in [-0.2, 0) is 4.74 Å². The minimum absolute atomic E-state index is 0.189. The van der Waals surface area contributed by atoms with E-state index in [4.69, 9.17) is 4.74 Å². The largest absolute Gasteiger partial charge is 0.386 e. The van der Waals surface area contributed by atoms with Gasteiger partial charge in [-0.15, -0.1) is 0 Å². The van der Waals surface area contributed by atoms with Crippen molar-refractivity contribution in [2.45, 2.75) is 37.3 Å². The Morgan fingerprint density at radius 2 is 2.25 bits per heavy atom. The molecule has 3 rings (SSSR count). The van der Waals surface area contributed by atoms with E-state index in [1.54, 1.807) is 0 Å². The van der Waals surface area contributed by atoms with Crippen molar-refractivity contribution in [3.8, 4) is 6.07 Å². The van der Waals surface area contributed by atoms with Gasteiger partial charge in [-0.05, 0) is 32.2 Å². The lowest BCUT2D eigenvalue weighted by molar-refractivity contribution is -0.0754. The molecule has 0 aromatic rings. The van der Waals surface area contributed by atoms with Crippen molar-refractivity contribution in [1.82, 2.24) is 4.90 Å². The number of nitrogens with zero attached hydrogens (tertiary/aromatic N) is 2. The van der Waals surface area contributed by atoms with Crippen LogP contribution in [0.1, 0.15) is 25.7 Å². The van der Waals surface area contributed by atoms with Crippen molar-refractivity contribution < 1.29 is 9.84 Å². The van der Waals surface area contributed by atoms with Gasteiger partial charge in [-0.25, -0.2) is 0 Å². The molecule has 0 aromatic heterocycles. The van der Waals surface area contributed by atoms with Gasteiger partial charge in [0.1, 0.15) is 11.0 Å². The number of ether oxygens (including phenoxy) is 1. The number of nitriles is 1. The Balaban J connectivity index is 1.95. The van der Waals surface area contributed by atoms with Gasteiger partial charge in [0.15, 0.2) is 0 Å². The maximum absolute atomic E-state index is 11.0. The van der Waals surface area contributed by atoms with Gasteiger partial charge in [-0.1, -0.05) is 0 Å². The van der Waals surface area contributed by atoms with Gasteiger partial charge in [-0.2, -0.15) is 5.26 Å². The van der Waals surface area contributed by atoms with Crippen LogP contribution in [-0.4, -0.2) is 48.0 Å². The molecule has 0 radical (unpaired) electrons. The number of hydrogen-bond donors (Lipinski definition) is 1. The number of aliphatic hydroxyl groups is 1. The standard InChI is InChI=1S/C12H18N2O2/c13-8-11(4-7-16-9-11)12(15)3-6-14-5-1-2-10(12)14/h10,15H,1-7,9H2. The predicted molar refractivity (Wildman–Crippen MR) is 57.6 cm³/mol. The Labute approximate surface area is 95.8 Å². The fourth-order valence-electron chi connectivity index (χ4n) is 3.76. The monoisotopic (exact) mass is 222 g/mol. The zero-order valence-corrected chi connectivity index (χ0v) is 9.48. The lowest BCUT2D eigenvalue weighted by Gasteiger charge is -2.40.